The Balaban J connectivity index is 3.58. The van der Waals surface area contributed by atoms with Gasteiger partial charge in [0.15, 0.2) is 9.84 Å². The number of carbonyl (C=O) groups excluding carboxylic acids is 1. The summed E-state index contributed by atoms with van der Waals surface area (Å²) >= 11 is 1.29. The zero-order valence-electron chi connectivity index (χ0n) is 7.42. The van der Waals surface area contributed by atoms with Crippen LogP contribution in [0.25, 0.3) is 0 Å². The number of halogens is 3. The monoisotopic (exact) mass is 346 g/mol. The van der Waals surface area contributed by atoms with Crippen molar-refractivity contribution in [2.45, 2.75) is 4.90 Å². The third-order valence-corrected chi connectivity index (χ3v) is 3.33. The van der Waals surface area contributed by atoms with Gasteiger partial charge in [-0.1, -0.05) is 0 Å². The summed E-state index contributed by atoms with van der Waals surface area (Å²) in [5.74, 6) is -2.27. The summed E-state index contributed by atoms with van der Waals surface area (Å²) in [7, 11) is -3.80. The number of hydrogen-bond acceptors (Lipinski definition) is 3. The fourth-order valence-corrected chi connectivity index (χ4v) is 2.12. The minimum atomic E-state index is -3.80. The Morgan fingerprint density at radius 3 is 2.20 bits per heavy atom. The van der Waals surface area contributed by atoms with Crippen LogP contribution in [-0.2, 0) is 9.84 Å². The van der Waals surface area contributed by atoms with Crippen molar-refractivity contribution in [3.8, 4) is 0 Å². The standard InChI is InChI=1S/C8H5F2IO3S/c1-15(13,14)7-2-4(8(11)12)5(9)3-6(7)10/h2-3H,1H3. The summed E-state index contributed by atoms with van der Waals surface area (Å²) < 4.78 is 47.5. The van der Waals surface area contributed by atoms with E-state index in [4.69, 9.17) is 0 Å². The zero-order chi connectivity index (χ0) is 11.8. The molecule has 0 aliphatic rings. The van der Waals surface area contributed by atoms with Gasteiger partial charge in [0.1, 0.15) is 16.5 Å². The van der Waals surface area contributed by atoms with Gasteiger partial charge in [-0.25, -0.2) is 17.2 Å². The average Bonchev–Trinajstić information content (AvgIpc) is 2.00. The molecular weight excluding hydrogens is 341 g/mol. The van der Waals surface area contributed by atoms with Crippen LogP contribution in [0.3, 0.4) is 0 Å². The molecule has 82 valence electrons. The quantitative estimate of drug-likeness (QED) is 0.467. The molecule has 0 amide bonds. The number of sulfone groups is 1. The maximum absolute atomic E-state index is 13.1. The summed E-state index contributed by atoms with van der Waals surface area (Å²) in [6.07, 6.45) is 0.783. The molecule has 0 unspecified atom stereocenters. The van der Waals surface area contributed by atoms with Crippen LogP contribution in [0.15, 0.2) is 17.0 Å². The van der Waals surface area contributed by atoms with Crippen LogP contribution in [-0.4, -0.2) is 18.5 Å². The van der Waals surface area contributed by atoms with Crippen molar-refractivity contribution in [3.05, 3.63) is 29.3 Å². The predicted octanol–water partition coefficient (Wildman–Crippen LogP) is 1.94. The van der Waals surface area contributed by atoms with Gasteiger partial charge in [-0.15, -0.1) is 0 Å². The molecule has 0 atom stereocenters. The Morgan fingerprint density at radius 1 is 1.27 bits per heavy atom. The number of rotatable bonds is 2. The Hall–Kier alpha value is -0.570. The molecule has 0 aliphatic carbocycles. The number of hydrogen-bond donors (Lipinski definition) is 0. The van der Waals surface area contributed by atoms with Gasteiger partial charge in [-0.2, -0.15) is 0 Å². The molecule has 1 aromatic carbocycles. The third kappa shape index (κ3) is 2.71. The van der Waals surface area contributed by atoms with Crippen molar-refractivity contribution >= 4 is 36.2 Å². The molecule has 0 saturated heterocycles. The first kappa shape index (κ1) is 12.5. The van der Waals surface area contributed by atoms with Crippen LogP contribution >= 0.6 is 22.6 Å². The average molecular weight is 346 g/mol. The fourth-order valence-electron chi connectivity index (χ4n) is 0.964. The lowest BCUT2D eigenvalue weighted by Gasteiger charge is -2.03. The molecule has 0 aromatic heterocycles. The van der Waals surface area contributed by atoms with Gasteiger partial charge >= 0.3 is 0 Å². The highest BCUT2D eigenvalue weighted by Crippen LogP contribution is 2.21. The minimum absolute atomic E-state index is 0.391. The highest BCUT2D eigenvalue weighted by Gasteiger charge is 2.19. The first-order chi connectivity index (χ1) is 6.73. The maximum Gasteiger partial charge on any atom is 0.225 e. The van der Waals surface area contributed by atoms with Crippen molar-refractivity contribution < 1.29 is 22.0 Å². The molecule has 0 N–H and O–H groups in total. The second kappa shape index (κ2) is 4.12. The Bertz CT molecular complexity index is 525. The van der Waals surface area contributed by atoms with Crippen LogP contribution < -0.4 is 0 Å². The van der Waals surface area contributed by atoms with Crippen LogP contribution in [0.2, 0.25) is 0 Å². The molecule has 15 heavy (non-hydrogen) atoms. The van der Waals surface area contributed by atoms with E-state index in [0.717, 1.165) is 6.26 Å². The van der Waals surface area contributed by atoms with E-state index < -0.39 is 35.7 Å². The first-order valence-corrected chi connectivity index (χ1v) is 6.59. The fraction of sp³-hybridized carbons (Fsp3) is 0.125. The van der Waals surface area contributed by atoms with Gasteiger partial charge in [0.05, 0.1) is 5.56 Å². The third-order valence-electron chi connectivity index (χ3n) is 1.63. The molecule has 0 radical (unpaired) electrons. The SMILES string of the molecule is CS(=O)(=O)c1cc(C(=O)I)c(F)cc1F. The molecule has 0 spiro atoms. The lowest BCUT2D eigenvalue weighted by molar-refractivity contribution is 0.110. The van der Waals surface area contributed by atoms with Crippen molar-refractivity contribution in [3.63, 3.8) is 0 Å². The van der Waals surface area contributed by atoms with Crippen molar-refractivity contribution in [2.24, 2.45) is 0 Å². The minimum Gasteiger partial charge on any atom is -0.282 e. The number of benzene rings is 1. The van der Waals surface area contributed by atoms with Crippen LogP contribution in [0, 0.1) is 11.6 Å². The van der Waals surface area contributed by atoms with E-state index in [9.17, 15) is 22.0 Å². The van der Waals surface area contributed by atoms with Gasteiger partial charge in [0.25, 0.3) is 0 Å². The van der Waals surface area contributed by atoms with Crippen molar-refractivity contribution in [2.75, 3.05) is 6.26 Å². The lowest BCUT2D eigenvalue weighted by atomic mass is 10.2. The largest absolute Gasteiger partial charge is 0.282 e. The highest BCUT2D eigenvalue weighted by molar-refractivity contribution is 14.1. The van der Waals surface area contributed by atoms with E-state index in [1.54, 1.807) is 0 Å². The molecule has 0 heterocycles. The molecule has 0 bridgehead atoms. The molecule has 7 heteroatoms. The van der Waals surface area contributed by atoms with Gasteiger partial charge in [0.2, 0.25) is 3.79 Å². The molecule has 0 saturated carbocycles. The molecule has 1 aromatic rings. The zero-order valence-corrected chi connectivity index (χ0v) is 10.4. The molecule has 0 fully saturated rings. The van der Waals surface area contributed by atoms with Crippen LogP contribution in [0.5, 0.6) is 0 Å². The lowest BCUT2D eigenvalue weighted by Crippen LogP contribution is -2.05. The smallest absolute Gasteiger partial charge is 0.225 e. The van der Waals surface area contributed by atoms with E-state index in [2.05, 4.69) is 0 Å². The number of carbonyl (C=O) groups is 1. The summed E-state index contributed by atoms with van der Waals surface area (Å²) in [6, 6.07) is 1.09. The summed E-state index contributed by atoms with van der Waals surface area (Å²) in [5, 5.41) is 0. The van der Waals surface area contributed by atoms with Crippen LogP contribution in [0.1, 0.15) is 10.4 Å². The topological polar surface area (TPSA) is 51.2 Å². The second-order valence-electron chi connectivity index (χ2n) is 2.81. The predicted molar refractivity (Wildman–Crippen MR) is 57.8 cm³/mol. The Labute approximate surface area is 98.5 Å². The van der Waals surface area contributed by atoms with E-state index in [-0.39, 0.29) is 0 Å². The van der Waals surface area contributed by atoms with Crippen LogP contribution in [0.4, 0.5) is 8.78 Å². The summed E-state index contributed by atoms with van der Waals surface area (Å²) in [6.45, 7) is 0. The summed E-state index contributed by atoms with van der Waals surface area (Å²) in [5.41, 5.74) is -0.447. The van der Waals surface area contributed by atoms with Gasteiger partial charge in [-0.05, 0) is 6.07 Å². The highest BCUT2D eigenvalue weighted by atomic mass is 127. The molecule has 3 nitrogen and oxygen atoms in total. The van der Waals surface area contributed by atoms with Crippen molar-refractivity contribution in [1.29, 1.82) is 0 Å². The van der Waals surface area contributed by atoms with Gasteiger partial charge in [-0.3, -0.25) is 4.79 Å². The second-order valence-corrected chi connectivity index (χ2v) is 5.77. The van der Waals surface area contributed by atoms with Gasteiger partial charge < -0.3 is 0 Å². The molecule has 0 aliphatic heterocycles. The van der Waals surface area contributed by atoms with E-state index in [1.807, 2.05) is 0 Å². The Kier molecular flexibility index (Phi) is 3.44. The maximum atomic E-state index is 13.1. The van der Waals surface area contributed by atoms with E-state index >= 15 is 0 Å². The van der Waals surface area contributed by atoms with Gasteiger partial charge in [0, 0.05) is 34.9 Å². The van der Waals surface area contributed by atoms with Crippen molar-refractivity contribution in [1.82, 2.24) is 0 Å². The Morgan fingerprint density at radius 2 is 1.80 bits per heavy atom. The van der Waals surface area contributed by atoms with E-state index in [0.29, 0.717) is 12.1 Å². The molecule has 1 rings (SSSR count). The van der Waals surface area contributed by atoms with E-state index in [1.165, 1.54) is 22.6 Å². The summed E-state index contributed by atoms with van der Waals surface area (Å²) in [4.78, 5) is 10.2. The normalized spacial score (nSPS) is 11.5. The first-order valence-electron chi connectivity index (χ1n) is 3.62. The molecular formula is C8H5F2IO3S.